The molecule has 0 aromatic heterocycles. The van der Waals surface area contributed by atoms with Crippen LogP contribution in [0.1, 0.15) is 32.1 Å². The van der Waals surface area contributed by atoms with Crippen LogP contribution < -0.4 is 0 Å². The Kier molecular flexibility index (Phi) is 2.45. The van der Waals surface area contributed by atoms with Crippen molar-refractivity contribution in [1.29, 1.82) is 0 Å². The highest BCUT2D eigenvalue weighted by atomic mass is 16.5. The van der Waals surface area contributed by atoms with E-state index in [4.69, 9.17) is 4.74 Å². The highest BCUT2D eigenvalue weighted by Crippen LogP contribution is 2.34. The molecule has 1 heterocycles. The first kappa shape index (κ1) is 8.24. The molecule has 1 aliphatic carbocycles. The van der Waals surface area contributed by atoms with Crippen LogP contribution in [0, 0.1) is 11.8 Å². The van der Waals surface area contributed by atoms with Gasteiger partial charge in [-0.3, -0.25) is 4.79 Å². The number of ether oxygens (including phenoxy) is 1. The molecule has 2 aliphatic rings. The zero-order valence-electron chi connectivity index (χ0n) is 7.42. The van der Waals surface area contributed by atoms with Crippen molar-refractivity contribution in [1.82, 2.24) is 0 Å². The maximum atomic E-state index is 11.1. The number of Topliss-reactive ketones (excluding diaryl/α,β-unsaturated/α-hetero) is 1. The Morgan fingerprint density at radius 2 is 1.83 bits per heavy atom. The van der Waals surface area contributed by atoms with E-state index in [1.807, 2.05) is 0 Å². The molecule has 0 aromatic carbocycles. The smallest absolute Gasteiger partial charge is 0.133 e. The number of carbonyl (C=O) groups is 1. The Labute approximate surface area is 73.3 Å². The Morgan fingerprint density at radius 1 is 1.08 bits per heavy atom. The molecular weight excluding hydrogens is 152 g/mol. The van der Waals surface area contributed by atoms with Crippen LogP contribution in [-0.2, 0) is 9.53 Å². The number of hydrogen-bond acceptors (Lipinski definition) is 2. The van der Waals surface area contributed by atoms with Gasteiger partial charge in [0, 0.05) is 26.1 Å². The molecule has 0 bridgehead atoms. The van der Waals surface area contributed by atoms with Gasteiger partial charge in [0.2, 0.25) is 0 Å². The first-order valence-electron chi connectivity index (χ1n) is 4.95. The van der Waals surface area contributed by atoms with Gasteiger partial charge in [0.25, 0.3) is 0 Å². The molecule has 0 N–H and O–H groups in total. The summed E-state index contributed by atoms with van der Waals surface area (Å²) in [7, 11) is 0. The fourth-order valence-electron chi connectivity index (χ4n) is 2.43. The van der Waals surface area contributed by atoms with Gasteiger partial charge in [0.1, 0.15) is 5.78 Å². The van der Waals surface area contributed by atoms with E-state index >= 15 is 0 Å². The monoisotopic (exact) mass is 168 g/mol. The molecule has 12 heavy (non-hydrogen) atoms. The van der Waals surface area contributed by atoms with Crippen LogP contribution in [0.4, 0.5) is 0 Å². The van der Waals surface area contributed by atoms with Crippen LogP contribution in [0.3, 0.4) is 0 Å². The summed E-state index contributed by atoms with van der Waals surface area (Å²) in [5.41, 5.74) is 0. The zero-order chi connectivity index (χ0) is 8.39. The minimum absolute atomic E-state index is 0.478. The van der Waals surface area contributed by atoms with E-state index in [0.29, 0.717) is 11.7 Å². The van der Waals surface area contributed by atoms with E-state index in [9.17, 15) is 4.79 Å². The molecule has 1 saturated heterocycles. The summed E-state index contributed by atoms with van der Waals surface area (Å²) in [6, 6.07) is 0. The highest BCUT2D eigenvalue weighted by Gasteiger charge is 2.30. The van der Waals surface area contributed by atoms with Crippen LogP contribution in [0.15, 0.2) is 0 Å². The van der Waals surface area contributed by atoms with Crippen LogP contribution in [0.5, 0.6) is 0 Å². The zero-order valence-corrected chi connectivity index (χ0v) is 7.42. The molecule has 0 aromatic rings. The predicted octanol–water partition coefficient (Wildman–Crippen LogP) is 1.78. The average Bonchev–Trinajstić information content (AvgIpc) is 2.54. The van der Waals surface area contributed by atoms with Crippen molar-refractivity contribution in [2.24, 2.45) is 11.8 Å². The lowest BCUT2D eigenvalue weighted by atomic mass is 9.85. The number of rotatable bonds is 1. The summed E-state index contributed by atoms with van der Waals surface area (Å²) < 4.78 is 5.30. The van der Waals surface area contributed by atoms with E-state index in [1.165, 1.54) is 12.8 Å². The molecule has 2 nitrogen and oxygen atoms in total. The molecule has 0 amide bonds. The van der Waals surface area contributed by atoms with E-state index in [1.54, 1.807) is 0 Å². The molecule has 2 rings (SSSR count). The first-order chi connectivity index (χ1) is 5.86. The molecule has 68 valence electrons. The normalized spacial score (nSPS) is 32.7. The Bertz CT molecular complexity index is 171. The van der Waals surface area contributed by atoms with Crippen LogP contribution in [0.25, 0.3) is 0 Å². The van der Waals surface area contributed by atoms with Crippen LogP contribution in [-0.4, -0.2) is 19.0 Å². The number of ketones is 1. The van der Waals surface area contributed by atoms with Gasteiger partial charge in [-0.25, -0.2) is 0 Å². The largest absolute Gasteiger partial charge is 0.381 e. The lowest BCUT2D eigenvalue weighted by Gasteiger charge is -2.26. The van der Waals surface area contributed by atoms with Gasteiger partial charge in [-0.2, -0.15) is 0 Å². The second kappa shape index (κ2) is 3.56. The molecule has 1 atom stereocenters. The molecule has 2 fully saturated rings. The predicted molar refractivity (Wildman–Crippen MR) is 45.9 cm³/mol. The molecule has 1 unspecified atom stereocenters. The van der Waals surface area contributed by atoms with Crippen LogP contribution >= 0.6 is 0 Å². The molecule has 0 spiro atoms. The Hall–Kier alpha value is -0.370. The van der Waals surface area contributed by atoms with E-state index in [2.05, 4.69) is 0 Å². The average molecular weight is 168 g/mol. The van der Waals surface area contributed by atoms with Gasteiger partial charge in [-0.05, 0) is 31.1 Å². The second-order valence-corrected chi connectivity index (χ2v) is 3.99. The third-order valence-corrected chi connectivity index (χ3v) is 3.22. The minimum Gasteiger partial charge on any atom is -0.381 e. The van der Waals surface area contributed by atoms with Crippen molar-refractivity contribution in [2.45, 2.75) is 32.1 Å². The summed E-state index contributed by atoms with van der Waals surface area (Å²) in [6.45, 7) is 1.82. The third kappa shape index (κ3) is 1.69. The summed E-state index contributed by atoms with van der Waals surface area (Å²) in [4.78, 5) is 11.1. The van der Waals surface area contributed by atoms with Crippen molar-refractivity contribution in [2.75, 3.05) is 13.2 Å². The summed E-state index contributed by atoms with van der Waals surface area (Å²) in [5.74, 6) is 1.96. The van der Waals surface area contributed by atoms with Gasteiger partial charge in [-0.1, -0.05) is 0 Å². The molecule has 2 heteroatoms. The molecular formula is C10H16O2. The SMILES string of the molecule is O=C1CCC(C2CCOCC2)C1. The lowest BCUT2D eigenvalue weighted by molar-refractivity contribution is -0.117. The Balaban J connectivity index is 1.86. The third-order valence-electron chi connectivity index (χ3n) is 3.22. The van der Waals surface area contributed by atoms with Crippen molar-refractivity contribution < 1.29 is 9.53 Å². The summed E-state index contributed by atoms with van der Waals surface area (Å²) >= 11 is 0. The summed E-state index contributed by atoms with van der Waals surface area (Å²) in [6.07, 6.45) is 5.19. The van der Waals surface area contributed by atoms with Crippen LogP contribution in [0.2, 0.25) is 0 Å². The van der Waals surface area contributed by atoms with E-state index < -0.39 is 0 Å². The van der Waals surface area contributed by atoms with Crippen molar-refractivity contribution in [3.05, 3.63) is 0 Å². The quantitative estimate of drug-likeness (QED) is 0.596. The van der Waals surface area contributed by atoms with Gasteiger partial charge in [0.15, 0.2) is 0 Å². The maximum Gasteiger partial charge on any atom is 0.133 e. The number of hydrogen-bond donors (Lipinski definition) is 0. The van der Waals surface area contributed by atoms with E-state index in [0.717, 1.165) is 38.4 Å². The Morgan fingerprint density at radius 3 is 2.42 bits per heavy atom. The van der Waals surface area contributed by atoms with Crippen molar-refractivity contribution in [3.8, 4) is 0 Å². The molecule has 1 saturated carbocycles. The van der Waals surface area contributed by atoms with Gasteiger partial charge in [0.05, 0.1) is 0 Å². The minimum atomic E-state index is 0.478. The van der Waals surface area contributed by atoms with Gasteiger partial charge >= 0.3 is 0 Å². The van der Waals surface area contributed by atoms with Gasteiger partial charge in [-0.15, -0.1) is 0 Å². The molecule has 0 radical (unpaired) electrons. The van der Waals surface area contributed by atoms with Crippen molar-refractivity contribution >= 4 is 5.78 Å². The van der Waals surface area contributed by atoms with Gasteiger partial charge < -0.3 is 4.74 Å². The number of carbonyl (C=O) groups excluding carboxylic acids is 1. The fourth-order valence-corrected chi connectivity index (χ4v) is 2.43. The second-order valence-electron chi connectivity index (χ2n) is 3.99. The maximum absolute atomic E-state index is 11.1. The van der Waals surface area contributed by atoms with Crippen molar-refractivity contribution in [3.63, 3.8) is 0 Å². The summed E-state index contributed by atoms with van der Waals surface area (Å²) in [5, 5.41) is 0. The highest BCUT2D eigenvalue weighted by molar-refractivity contribution is 5.80. The first-order valence-corrected chi connectivity index (χ1v) is 4.95. The lowest BCUT2D eigenvalue weighted by Crippen LogP contribution is -2.21. The topological polar surface area (TPSA) is 26.3 Å². The molecule has 1 aliphatic heterocycles. The van der Waals surface area contributed by atoms with E-state index in [-0.39, 0.29) is 0 Å². The fraction of sp³-hybridized carbons (Fsp3) is 0.900. The standard InChI is InChI=1S/C10H16O2/c11-10-2-1-9(7-10)8-3-5-12-6-4-8/h8-9H,1-7H2.